The summed E-state index contributed by atoms with van der Waals surface area (Å²) >= 11 is 5.80. The molecule has 4 heteroatoms. The number of nitrogen functional groups attached to an aromatic ring is 1. The van der Waals surface area contributed by atoms with Gasteiger partial charge in [0.15, 0.2) is 5.78 Å². The summed E-state index contributed by atoms with van der Waals surface area (Å²) in [6.07, 6.45) is 0. The molecule has 98 valence electrons. The van der Waals surface area contributed by atoms with Gasteiger partial charge in [-0.25, -0.2) is 4.39 Å². The van der Waals surface area contributed by atoms with Crippen LogP contribution in [0.5, 0.6) is 0 Å². The van der Waals surface area contributed by atoms with Gasteiger partial charge in [-0.3, -0.25) is 4.79 Å². The van der Waals surface area contributed by atoms with Crippen molar-refractivity contribution in [2.24, 2.45) is 0 Å². The molecule has 0 fully saturated rings. The highest BCUT2D eigenvalue weighted by atomic mass is 35.5. The summed E-state index contributed by atoms with van der Waals surface area (Å²) in [4.78, 5) is 12.3. The van der Waals surface area contributed by atoms with Crippen molar-refractivity contribution in [3.63, 3.8) is 0 Å². The average Bonchev–Trinajstić information content (AvgIpc) is 2.34. The predicted molar refractivity (Wildman–Crippen MR) is 75.2 cm³/mol. The molecule has 0 amide bonds. The van der Waals surface area contributed by atoms with Gasteiger partial charge >= 0.3 is 0 Å². The normalized spacial score (nSPS) is 10.5. The van der Waals surface area contributed by atoms with Crippen LogP contribution in [-0.2, 0) is 0 Å². The second-order valence-electron chi connectivity index (χ2n) is 4.48. The Bertz CT molecular complexity index is 644. The molecule has 0 atom stereocenters. The first-order valence-electron chi connectivity index (χ1n) is 5.76. The molecule has 0 bridgehead atoms. The Balaban J connectivity index is 2.50. The Morgan fingerprint density at radius 3 is 2.26 bits per heavy atom. The Labute approximate surface area is 116 Å². The van der Waals surface area contributed by atoms with E-state index in [1.165, 1.54) is 18.2 Å². The number of carbonyl (C=O) groups is 1. The maximum atomic E-state index is 13.6. The number of halogens is 2. The summed E-state index contributed by atoms with van der Waals surface area (Å²) in [6, 6.07) is 7.76. The lowest BCUT2D eigenvalue weighted by Crippen LogP contribution is -2.07. The van der Waals surface area contributed by atoms with Gasteiger partial charge in [-0.05, 0) is 55.3 Å². The van der Waals surface area contributed by atoms with Crippen LogP contribution in [0.25, 0.3) is 0 Å². The zero-order valence-electron chi connectivity index (χ0n) is 10.6. The van der Waals surface area contributed by atoms with E-state index in [-0.39, 0.29) is 11.6 Å². The van der Waals surface area contributed by atoms with Gasteiger partial charge in [-0.15, -0.1) is 0 Å². The highest BCUT2D eigenvalue weighted by molar-refractivity contribution is 6.31. The van der Waals surface area contributed by atoms with E-state index in [0.717, 1.165) is 0 Å². The molecule has 0 unspecified atom stereocenters. The highest BCUT2D eigenvalue weighted by Gasteiger charge is 2.15. The minimum absolute atomic E-state index is 0.236. The topological polar surface area (TPSA) is 43.1 Å². The van der Waals surface area contributed by atoms with E-state index in [0.29, 0.717) is 33.0 Å². The van der Waals surface area contributed by atoms with Crippen LogP contribution < -0.4 is 5.73 Å². The molecule has 0 aromatic heterocycles. The summed E-state index contributed by atoms with van der Waals surface area (Å²) in [5, 5.41) is 0.473. The van der Waals surface area contributed by atoms with Gasteiger partial charge in [0, 0.05) is 21.8 Å². The Morgan fingerprint density at radius 1 is 1.16 bits per heavy atom. The fourth-order valence-electron chi connectivity index (χ4n) is 1.97. The van der Waals surface area contributed by atoms with Gasteiger partial charge in [-0.1, -0.05) is 11.6 Å². The van der Waals surface area contributed by atoms with Gasteiger partial charge in [0.05, 0.1) is 0 Å². The molecular weight excluding hydrogens is 265 g/mol. The number of rotatable bonds is 2. The van der Waals surface area contributed by atoms with Gasteiger partial charge in [-0.2, -0.15) is 0 Å². The summed E-state index contributed by atoms with van der Waals surface area (Å²) in [5.41, 5.74) is 7.78. The standard InChI is InChI=1S/C15H13ClFNO/c1-8-5-10(6-9(2)14(8)17)15(19)12-4-3-11(16)7-13(12)18/h3-7H,18H2,1-2H3. The summed E-state index contributed by atoms with van der Waals surface area (Å²) in [7, 11) is 0. The van der Waals surface area contributed by atoms with E-state index in [1.807, 2.05) is 0 Å². The largest absolute Gasteiger partial charge is 0.398 e. The smallest absolute Gasteiger partial charge is 0.195 e. The number of anilines is 1. The monoisotopic (exact) mass is 277 g/mol. The fourth-order valence-corrected chi connectivity index (χ4v) is 2.15. The first-order valence-corrected chi connectivity index (χ1v) is 6.14. The molecule has 19 heavy (non-hydrogen) atoms. The van der Waals surface area contributed by atoms with E-state index in [2.05, 4.69) is 0 Å². The van der Waals surface area contributed by atoms with Crippen molar-refractivity contribution >= 4 is 23.1 Å². The first-order chi connectivity index (χ1) is 8.90. The van der Waals surface area contributed by atoms with Crippen LogP contribution in [0.15, 0.2) is 30.3 Å². The lowest BCUT2D eigenvalue weighted by molar-refractivity contribution is 0.103. The Hall–Kier alpha value is -1.87. The van der Waals surface area contributed by atoms with Gasteiger partial charge < -0.3 is 5.73 Å². The van der Waals surface area contributed by atoms with Crippen LogP contribution in [-0.4, -0.2) is 5.78 Å². The fraction of sp³-hybridized carbons (Fsp3) is 0.133. The van der Waals surface area contributed by atoms with Crippen molar-refractivity contribution in [1.82, 2.24) is 0 Å². The number of aryl methyl sites for hydroxylation is 2. The third-order valence-corrected chi connectivity index (χ3v) is 3.19. The maximum Gasteiger partial charge on any atom is 0.195 e. The number of carbonyl (C=O) groups excluding carboxylic acids is 1. The molecule has 2 aromatic rings. The van der Waals surface area contributed by atoms with Gasteiger partial charge in [0.2, 0.25) is 0 Å². The van der Waals surface area contributed by atoms with Crippen molar-refractivity contribution in [3.05, 3.63) is 63.4 Å². The molecule has 0 saturated heterocycles. The second kappa shape index (κ2) is 5.02. The molecule has 2 nitrogen and oxygen atoms in total. The summed E-state index contributed by atoms with van der Waals surface area (Å²) in [5.74, 6) is -0.527. The SMILES string of the molecule is Cc1cc(C(=O)c2ccc(Cl)cc2N)cc(C)c1F. The van der Waals surface area contributed by atoms with Crippen LogP contribution in [0, 0.1) is 19.7 Å². The lowest BCUT2D eigenvalue weighted by Gasteiger charge is -2.08. The zero-order chi connectivity index (χ0) is 14.2. The third-order valence-electron chi connectivity index (χ3n) is 2.96. The van der Waals surface area contributed by atoms with Gasteiger partial charge in [0.25, 0.3) is 0 Å². The molecular formula is C15H13ClFNO. The molecule has 0 saturated carbocycles. The van der Waals surface area contributed by atoms with Crippen LogP contribution in [0.2, 0.25) is 5.02 Å². The third kappa shape index (κ3) is 2.61. The number of benzene rings is 2. The molecule has 0 aliphatic heterocycles. The summed E-state index contributed by atoms with van der Waals surface area (Å²) in [6.45, 7) is 3.26. The van der Waals surface area contributed by atoms with Crippen molar-refractivity contribution in [3.8, 4) is 0 Å². The van der Waals surface area contributed by atoms with Crippen molar-refractivity contribution in [2.75, 3.05) is 5.73 Å². The van der Waals surface area contributed by atoms with Crippen molar-refractivity contribution in [1.29, 1.82) is 0 Å². The maximum absolute atomic E-state index is 13.6. The molecule has 2 N–H and O–H groups in total. The van der Waals surface area contributed by atoms with Crippen molar-refractivity contribution in [2.45, 2.75) is 13.8 Å². The number of hydrogen-bond donors (Lipinski definition) is 1. The van der Waals surface area contributed by atoms with E-state index >= 15 is 0 Å². The van der Waals surface area contributed by atoms with Crippen LogP contribution in [0.4, 0.5) is 10.1 Å². The van der Waals surface area contributed by atoms with E-state index in [9.17, 15) is 9.18 Å². The minimum atomic E-state index is -0.291. The van der Waals surface area contributed by atoms with E-state index < -0.39 is 0 Å². The molecule has 0 aliphatic carbocycles. The Kier molecular flexibility index (Phi) is 3.58. The molecule has 2 rings (SSSR count). The number of hydrogen-bond acceptors (Lipinski definition) is 2. The predicted octanol–water partition coefficient (Wildman–Crippen LogP) is 3.91. The zero-order valence-corrected chi connectivity index (χ0v) is 11.4. The second-order valence-corrected chi connectivity index (χ2v) is 4.92. The average molecular weight is 278 g/mol. The van der Waals surface area contributed by atoms with Crippen LogP contribution >= 0.6 is 11.6 Å². The van der Waals surface area contributed by atoms with Crippen molar-refractivity contribution < 1.29 is 9.18 Å². The first kappa shape index (κ1) is 13.6. The Morgan fingerprint density at radius 2 is 1.74 bits per heavy atom. The molecule has 0 spiro atoms. The minimum Gasteiger partial charge on any atom is -0.398 e. The van der Waals surface area contributed by atoms with E-state index in [1.54, 1.807) is 26.0 Å². The van der Waals surface area contributed by atoms with E-state index in [4.69, 9.17) is 17.3 Å². The molecule has 2 aromatic carbocycles. The highest BCUT2D eigenvalue weighted by Crippen LogP contribution is 2.23. The molecule has 0 aliphatic rings. The van der Waals surface area contributed by atoms with Gasteiger partial charge in [0.1, 0.15) is 5.82 Å². The molecule has 0 radical (unpaired) electrons. The molecule has 0 heterocycles. The van der Waals surface area contributed by atoms with Crippen LogP contribution in [0.3, 0.4) is 0 Å². The quantitative estimate of drug-likeness (QED) is 0.668. The lowest BCUT2D eigenvalue weighted by atomic mass is 9.98. The number of ketones is 1. The summed E-state index contributed by atoms with van der Waals surface area (Å²) < 4.78 is 13.6. The van der Waals surface area contributed by atoms with Crippen LogP contribution in [0.1, 0.15) is 27.0 Å². The number of nitrogens with two attached hydrogens (primary N) is 1.